The van der Waals surface area contributed by atoms with Crippen molar-refractivity contribution in [1.82, 2.24) is 14.1 Å². The van der Waals surface area contributed by atoms with Crippen molar-refractivity contribution in [3.8, 4) is 0 Å². The summed E-state index contributed by atoms with van der Waals surface area (Å²) in [5, 5.41) is 12.6. The predicted octanol–water partition coefficient (Wildman–Crippen LogP) is 2.62. The smallest absolute Gasteiger partial charge is 0.354 e. The number of benzene rings is 1. The lowest BCUT2D eigenvalue weighted by atomic mass is 9.99. The molecule has 0 bridgehead atoms. The molecule has 3 heterocycles. The number of hydrogen-bond donors (Lipinski definition) is 2. The Morgan fingerprint density at radius 2 is 2.00 bits per heavy atom. The van der Waals surface area contributed by atoms with Crippen molar-refractivity contribution in [3.05, 3.63) is 69.9 Å². The van der Waals surface area contributed by atoms with Crippen LogP contribution in [0.4, 0.5) is 0 Å². The molecule has 7 heteroatoms. The Hall–Kier alpha value is -3.32. The molecule has 4 rings (SSSR count). The molecule has 0 spiro atoms. The minimum atomic E-state index is -0.954. The predicted molar refractivity (Wildman–Crippen MR) is 106 cm³/mol. The Bertz CT molecular complexity index is 1260. The Kier molecular flexibility index (Phi) is 4.31. The fourth-order valence-corrected chi connectivity index (χ4v) is 3.55. The molecule has 4 aromatic rings. The highest BCUT2D eigenvalue weighted by atomic mass is 16.5. The van der Waals surface area contributed by atoms with Gasteiger partial charge < -0.3 is 24.0 Å². The molecule has 28 heavy (non-hydrogen) atoms. The second kappa shape index (κ2) is 6.69. The summed E-state index contributed by atoms with van der Waals surface area (Å²) in [7, 11) is 3.58. The maximum Gasteiger partial charge on any atom is 0.354 e. The van der Waals surface area contributed by atoms with Crippen molar-refractivity contribution in [3.63, 3.8) is 0 Å². The van der Waals surface area contributed by atoms with Crippen molar-refractivity contribution >= 4 is 27.8 Å². The van der Waals surface area contributed by atoms with Gasteiger partial charge in [0.05, 0.1) is 6.61 Å². The first-order chi connectivity index (χ1) is 13.4. The SMILES string of the molecule is CCOC(=O)c1cc2c(C(O)c3ccc4c(ccn4C)c3)cn(C)c(=O)c2[nH]1. The molecule has 0 aliphatic heterocycles. The van der Waals surface area contributed by atoms with E-state index in [1.807, 2.05) is 42.1 Å². The fourth-order valence-electron chi connectivity index (χ4n) is 3.55. The summed E-state index contributed by atoms with van der Waals surface area (Å²) in [6, 6.07) is 9.29. The van der Waals surface area contributed by atoms with E-state index in [1.165, 1.54) is 4.57 Å². The van der Waals surface area contributed by atoms with Gasteiger partial charge in [0.25, 0.3) is 5.56 Å². The van der Waals surface area contributed by atoms with E-state index in [4.69, 9.17) is 4.74 Å². The van der Waals surface area contributed by atoms with E-state index in [9.17, 15) is 14.7 Å². The second-order valence-electron chi connectivity index (χ2n) is 6.84. The molecule has 144 valence electrons. The number of nitrogens with zero attached hydrogens (tertiary/aromatic N) is 2. The van der Waals surface area contributed by atoms with Crippen LogP contribution in [0.2, 0.25) is 0 Å². The standard InChI is InChI=1S/C21H21N3O4/c1-4-28-21(27)16-10-14-15(11-24(3)20(26)18(14)22-16)19(25)13-5-6-17-12(9-13)7-8-23(17)2/h5-11,19,22,25H,4H2,1-3H3. The Labute approximate surface area is 160 Å². The zero-order valence-electron chi connectivity index (χ0n) is 15.9. The lowest BCUT2D eigenvalue weighted by molar-refractivity contribution is 0.0520. The molecule has 1 unspecified atom stereocenters. The van der Waals surface area contributed by atoms with Gasteiger partial charge in [-0.1, -0.05) is 6.07 Å². The van der Waals surface area contributed by atoms with E-state index in [1.54, 1.807) is 26.2 Å². The molecule has 2 N–H and O–H groups in total. The van der Waals surface area contributed by atoms with Gasteiger partial charge in [-0.15, -0.1) is 0 Å². The summed E-state index contributed by atoms with van der Waals surface area (Å²) < 4.78 is 8.42. The first-order valence-electron chi connectivity index (χ1n) is 9.03. The molecular weight excluding hydrogens is 358 g/mol. The van der Waals surface area contributed by atoms with Crippen LogP contribution in [0.5, 0.6) is 0 Å². The molecule has 0 fully saturated rings. The van der Waals surface area contributed by atoms with Crippen LogP contribution in [0.3, 0.4) is 0 Å². The quantitative estimate of drug-likeness (QED) is 0.534. The highest BCUT2D eigenvalue weighted by Crippen LogP contribution is 2.30. The molecule has 0 amide bonds. The number of ether oxygens (including phenoxy) is 1. The zero-order valence-corrected chi connectivity index (χ0v) is 15.9. The van der Waals surface area contributed by atoms with Crippen LogP contribution in [0.1, 0.15) is 34.6 Å². The van der Waals surface area contributed by atoms with Crippen LogP contribution < -0.4 is 5.56 Å². The highest BCUT2D eigenvalue weighted by molar-refractivity contribution is 5.96. The summed E-state index contributed by atoms with van der Waals surface area (Å²) >= 11 is 0. The number of aryl methyl sites for hydroxylation is 2. The number of aromatic nitrogens is 3. The fraction of sp³-hybridized carbons (Fsp3) is 0.238. The van der Waals surface area contributed by atoms with Crippen LogP contribution in [-0.2, 0) is 18.8 Å². The Morgan fingerprint density at radius 3 is 2.75 bits per heavy atom. The second-order valence-corrected chi connectivity index (χ2v) is 6.84. The molecule has 3 aromatic heterocycles. The normalized spacial score (nSPS) is 12.6. The number of H-pyrrole nitrogens is 1. The van der Waals surface area contributed by atoms with E-state index in [0.717, 1.165) is 10.9 Å². The molecule has 0 aliphatic carbocycles. The number of carbonyl (C=O) groups is 1. The first kappa shape index (κ1) is 18.1. The van der Waals surface area contributed by atoms with E-state index < -0.39 is 12.1 Å². The average molecular weight is 379 g/mol. The maximum atomic E-state index is 12.5. The molecule has 7 nitrogen and oxygen atoms in total. The van der Waals surface area contributed by atoms with Gasteiger partial charge in [0.2, 0.25) is 0 Å². The Balaban J connectivity index is 1.87. The van der Waals surface area contributed by atoms with Crippen molar-refractivity contribution in [2.75, 3.05) is 6.61 Å². The van der Waals surface area contributed by atoms with Crippen molar-refractivity contribution in [1.29, 1.82) is 0 Å². The number of rotatable bonds is 4. The number of aromatic amines is 1. The zero-order chi connectivity index (χ0) is 20.0. The summed E-state index contributed by atoms with van der Waals surface area (Å²) in [5.74, 6) is -0.535. The summed E-state index contributed by atoms with van der Waals surface area (Å²) in [4.78, 5) is 27.4. The van der Waals surface area contributed by atoms with Gasteiger partial charge in [-0.25, -0.2) is 4.79 Å². The third-order valence-corrected chi connectivity index (χ3v) is 5.01. The van der Waals surface area contributed by atoms with Gasteiger partial charge in [0.15, 0.2) is 0 Å². The number of nitrogens with one attached hydrogen (secondary N) is 1. The summed E-state index contributed by atoms with van der Waals surface area (Å²) in [6.45, 7) is 1.95. The van der Waals surface area contributed by atoms with E-state index in [0.29, 0.717) is 16.5 Å². The molecule has 0 saturated heterocycles. The minimum Gasteiger partial charge on any atom is -0.461 e. The maximum absolute atomic E-state index is 12.5. The van der Waals surface area contributed by atoms with Crippen LogP contribution in [0.25, 0.3) is 21.8 Å². The lowest BCUT2D eigenvalue weighted by Gasteiger charge is -2.14. The van der Waals surface area contributed by atoms with Crippen LogP contribution in [-0.4, -0.2) is 31.8 Å². The highest BCUT2D eigenvalue weighted by Gasteiger charge is 2.21. The molecule has 0 aliphatic rings. The van der Waals surface area contributed by atoms with Gasteiger partial charge in [-0.2, -0.15) is 0 Å². The molecule has 1 atom stereocenters. The van der Waals surface area contributed by atoms with Gasteiger partial charge >= 0.3 is 5.97 Å². The minimum absolute atomic E-state index is 0.187. The average Bonchev–Trinajstić information content (AvgIpc) is 3.29. The Morgan fingerprint density at radius 1 is 1.21 bits per heavy atom. The number of fused-ring (bicyclic) bond motifs is 2. The van der Waals surface area contributed by atoms with Gasteiger partial charge in [0.1, 0.15) is 17.3 Å². The molecule has 0 saturated carbocycles. The van der Waals surface area contributed by atoms with Crippen molar-refractivity contribution in [2.45, 2.75) is 13.0 Å². The van der Waals surface area contributed by atoms with E-state index in [-0.39, 0.29) is 23.4 Å². The number of aliphatic hydroxyl groups is 1. The topological polar surface area (TPSA) is 89.2 Å². The van der Waals surface area contributed by atoms with E-state index >= 15 is 0 Å². The number of pyridine rings is 1. The van der Waals surface area contributed by atoms with E-state index in [2.05, 4.69) is 4.98 Å². The number of esters is 1. The monoisotopic (exact) mass is 379 g/mol. The van der Waals surface area contributed by atoms with Crippen molar-refractivity contribution < 1.29 is 14.6 Å². The van der Waals surface area contributed by atoms with Crippen LogP contribution in [0, 0.1) is 0 Å². The van der Waals surface area contributed by atoms with Crippen molar-refractivity contribution in [2.24, 2.45) is 14.1 Å². The summed E-state index contributed by atoms with van der Waals surface area (Å²) in [5.41, 5.74) is 2.49. The van der Waals surface area contributed by atoms with Gasteiger partial charge in [0, 0.05) is 43.0 Å². The number of hydrogen-bond acceptors (Lipinski definition) is 4. The molecule has 1 aromatic carbocycles. The molecule has 0 radical (unpaired) electrons. The third kappa shape index (κ3) is 2.80. The molecular formula is C21H21N3O4. The van der Waals surface area contributed by atoms with Crippen LogP contribution in [0.15, 0.2) is 47.5 Å². The van der Waals surface area contributed by atoms with Gasteiger partial charge in [-0.05, 0) is 42.1 Å². The largest absolute Gasteiger partial charge is 0.461 e. The third-order valence-electron chi connectivity index (χ3n) is 5.01. The summed E-state index contributed by atoms with van der Waals surface area (Å²) in [6.07, 6.45) is 2.61. The first-order valence-corrected chi connectivity index (χ1v) is 9.03. The number of aliphatic hydroxyl groups excluding tert-OH is 1. The van der Waals surface area contributed by atoms with Crippen LogP contribution >= 0.6 is 0 Å². The lowest BCUT2D eigenvalue weighted by Crippen LogP contribution is -2.18. The van der Waals surface area contributed by atoms with Gasteiger partial charge in [-0.3, -0.25) is 4.79 Å². The number of carbonyl (C=O) groups excluding carboxylic acids is 1.